The largest absolute Gasteiger partial charge is 0.481 e. The van der Waals surface area contributed by atoms with Gasteiger partial charge in [0.2, 0.25) is 0 Å². The summed E-state index contributed by atoms with van der Waals surface area (Å²) in [4.78, 5) is 54.5. The number of alkyl halides is 12. The van der Waals surface area contributed by atoms with Crippen molar-refractivity contribution in [3.8, 4) is 22.5 Å². The van der Waals surface area contributed by atoms with E-state index in [-0.39, 0.29) is 44.7 Å². The fourth-order valence-electron chi connectivity index (χ4n) is 7.45. The van der Waals surface area contributed by atoms with Gasteiger partial charge in [0.05, 0.1) is 42.5 Å². The number of amides is 2. The van der Waals surface area contributed by atoms with Gasteiger partial charge >= 0.3 is 36.6 Å². The Labute approximate surface area is 445 Å². The van der Waals surface area contributed by atoms with Crippen LogP contribution < -0.4 is 10.6 Å². The Kier molecular flexibility index (Phi) is 21.7. The van der Waals surface area contributed by atoms with E-state index in [9.17, 15) is 71.9 Å². The van der Waals surface area contributed by atoms with E-state index in [1.54, 1.807) is 85.0 Å². The smallest absolute Gasteiger partial charge is 0.416 e. The molecule has 0 radical (unpaired) electrons. The molecule has 2 amide bonds. The molecule has 0 aliphatic rings. The molecule has 2 aromatic heterocycles. The number of pyridine rings is 2. The lowest BCUT2D eigenvalue weighted by atomic mass is 9.93. The van der Waals surface area contributed by atoms with E-state index < -0.39 is 78.4 Å². The SMILES string of the molecule is COC(=O)CCNC(=O)c1ccc(C=CC(CCC(F)(F)F)c2ccc(-c3ccc(C(F)(F)F)cc3)nc2)cc1.O=C(O)CCNC(=O)c1ccc(C=CC(CCC(F)(F)F)c2ccc(-c3ccc(C(F)(F)F)cc3)nc2)cc1. The van der Waals surface area contributed by atoms with Crippen LogP contribution in [0.4, 0.5) is 52.7 Å². The zero-order valence-electron chi connectivity index (χ0n) is 41.7. The number of ether oxygens (including phenoxy) is 1. The summed E-state index contributed by atoms with van der Waals surface area (Å²) >= 11 is 0. The van der Waals surface area contributed by atoms with Crippen molar-refractivity contribution in [2.75, 3.05) is 20.2 Å². The van der Waals surface area contributed by atoms with Gasteiger partial charge in [-0.1, -0.05) is 85.0 Å². The number of esters is 1. The highest BCUT2D eigenvalue weighted by Gasteiger charge is 2.32. The highest BCUT2D eigenvalue weighted by molar-refractivity contribution is 5.95. The first-order valence-corrected chi connectivity index (χ1v) is 24.0. The van der Waals surface area contributed by atoms with Gasteiger partial charge in [-0.05, 0) is 95.8 Å². The number of rotatable bonds is 20. The number of carboxylic acids is 1. The number of benzene rings is 4. The van der Waals surface area contributed by atoms with Gasteiger partial charge in [0, 0.05) is 72.4 Å². The minimum absolute atomic E-state index is 0.0254. The van der Waals surface area contributed by atoms with Gasteiger partial charge < -0.3 is 20.5 Å². The normalized spacial score (nSPS) is 12.8. The van der Waals surface area contributed by atoms with Gasteiger partial charge in [-0.3, -0.25) is 29.1 Å². The Bertz CT molecular complexity index is 2990. The van der Waals surface area contributed by atoms with Crippen LogP contribution in [0.2, 0.25) is 0 Å². The van der Waals surface area contributed by atoms with E-state index in [1.165, 1.54) is 55.9 Å². The molecular formula is C57H50F12N4O6. The predicted molar refractivity (Wildman–Crippen MR) is 270 cm³/mol. The van der Waals surface area contributed by atoms with E-state index in [0.717, 1.165) is 24.3 Å². The quantitative estimate of drug-likeness (QED) is 0.0506. The van der Waals surface area contributed by atoms with E-state index in [0.29, 0.717) is 55.9 Å². The molecule has 4 aromatic carbocycles. The first-order valence-electron chi connectivity index (χ1n) is 24.0. The number of aromatic nitrogens is 2. The van der Waals surface area contributed by atoms with Crippen LogP contribution in [-0.4, -0.2) is 71.4 Å². The highest BCUT2D eigenvalue weighted by atomic mass is 19.4. The minimum Gasteiger partial charge on any atom is -0.481 e. The third-order valence-electron chi connectivity index (χ3n) is 11.8. The Morgan fingerprint density at radius 1 is 0.519 bits per heavy atom. The van der Waals surface area contributed by atoms with Crippen molar-refractivity contribution < 1.29 is 81.7 Å². The van der Waals surface area contributed by atoms with Crippen molar-refractivity contribution in [2.24, 2.45) is 0 Å². The molecular weight excluding hydrogens is 1060 g/mol. The van der Waals surface area contributed by atoms with E-state index in [1.807, 2.05) is 0 Å². The molecule has 2 unspecified atom stereocenters. The number of carboxylic acid groups (broad SMARTS) is 1. The van der Waals surface area contributed by atoms with Crippen molar-refractivity contribution in [1.82, 2.24) is 20.6 Å². The molecule has 0 bridgehead atoms. The van der Waals surface area contributed by atoms with Crippen molar-refractivity contribution in [3.05, 3.63) is 190 Å². The number of allylic oxidation sites excluding steroid dienone is 2. The third kappa shape index (κ3) is 20.9. The van der Waals surface area contributed by atoms with Gasteiger partial charge in [0.25, 0.3) is 11.8 Å². The number of nitrogens with zero attached hydrogens (tertiary/aromatic N) is 2. The second-order valence-corrected chi connectivity index (χ2v) is 17.6. The lowest BCUT2D eigenvalue weighted by Gasteiger charge is -2.15. The van der Waals surface area contributed by atoms with Gasteiger partial charge in [-0.25, -0.2) is 0 Å². The van der Waals surface area contributed by atoms with Crippen LogP contribution in [0.15, 0.2) is 146 Å². The van der Waals surface area contributed by atoms with Gasteiger partial charge in [-0.15, -0.1) is 0 Å². The summed E-state index contributed by atoms with van der Waals surface area (Å²) in [7, 11) is 1.25. The fraction of sp³-hybridized carbons (Fsp3) is 0.263. The molecule has 0 saturated heterocycles. The summed E-state index contributed by atoms with van der Waals surface area (Å²) in [6.07, 6.45) is -11.1. The molecule has 79 heavy (non-hydrogen) atoms. The van der Waals surface area contributed by atoms with Crippen molar-refractivity contribution in [2.45, 2.75) is 75.1 Å². The molecule has 2 atom stereocenters. The van der Waals surface area contributed by atoms with Crippen molar-refractivity contribution in [1.29, 1.82) is 0 Å². The van der Waals surface area contributed by atoms with Crippen LogP contribution in [0.25, 0.3) is 34.7 Å². The lowest BCUT2D eigenvalue weighted by molar-refractivity contribution is -0.140. The summed E-state index contributed by atoms with van der Waals surface area (Å²) < 4.78 is 159. The van der Waals surface area contributed by atoms with Crippen molar-refractivity contribution >= 4 is 35.9 Å². The van der Waals surface area contributed by atoms with Gasteiger partial charge in [0.1, 0.15) is 0 Å². The number of methoxy groups -OCH3 is 1. The second kappa shape index (κ2) is 27.8. The zero-order valence-corrected chi connectivity index (χ0v) is 41.7. The number of carbonyl (C=O) groups excluding carboxylic acids is 3. The average Bonchev–Trinajstić information content (AvgIpc) is 3.41. The molecule has 0 fully saturated rings. The highest BCUT2D eigenvalue weighted by Crippen LogP contribution is 2.35. The van der Waals surface area contributed by atoms with Gasteiger partial charge in [-0.2, -0.15) is 52.7 Å². The molecule has 2 heterocycles. The number of halogens is 12. The third-order valence-corrected chi connectivity index (χ3v) is 11.8. The van der Waals surface area contributed by atoms with Crippen LogP contribution in [-0.2, 0) is 26.7 Å². The number of aliphatic carboxylic acids is 1. The number of hydrogen-bond acceptors (Lipinski definition) is 7. The fourth-order valence-corrected chi connectivity index (χ4v) is 7.45. The maximum absolute atomic E-state index is 13.0. The molecule has 418 valence electrons. The zero-order chi connectivity index (χ0) is 58.0. The first-order chi connectivity index (χ1) is 37.2. The molecule has 0 aliphatic heterocycles. The van der Waals surface area contributed by atoms with Crippen molar-refractivity contribution in [3.63, 3.8) is 0 Å². The summed E-state index contributed by atoms with van der Waals surface area (Å²) in [6, 6.07) is 27.8. The Morgan fingerprint density at radius 3 is 1.19 bits per heavy atom. The van der Waals surface area contributed by atoms with Crippen LogP contribution >= 0.6 is 0 Å². The van der Waals surface area contributed by atoms with Crippen LogP contribution in [0.5, 0.6) is 0 Å². The summed E-state index contributed by atoms with van der Waals surface area (Å²) in [5.41, 5.74) is 2.98. The first kappa shape index (κ1) is 61.6. The summed E-state index contributed by atoms with van der Waals surface area (Å²) in [5, 5.41) is 13.7. The molecule has 6 rings (SSSR count). The maximum atomic E-state index is 13.0. The van der Waals surface area contributed by atoms with E-state index in [2.05, 4.69) is 25.3 Å². The Morgan fingerprint density at radius 2 is 0.886 bits per heavy atom. The lowest BCUT2D eigenvalue weighted by Crippen LogP contribution is -2.26. The number of hydrogen-bond donors (Lipinski definition) is 3. The Balaban J connectivity index is 0.000000291. The molecule has 22 heteroatoms. The van der Waals surface area contributed by atoms with E-state index in [4.69, 9.17) is 5.11 Å². The molecule has 10 nitrogen and oxygen atoms in total. The molecule has 6 aromatic rings. The minimum atomic E-state index is -4.47. The summed E-state index contributed by atoms with van der Waals surface area (Å²) in [5.74, 6) is -3.63. The number of nitrogens with one attached hydrogen (secondary N) is 2. The molecule has 0 spiro atoms. The predicted octanol–water partition coefficient (Wildman–Crippen LogP) is 14.3. The van der Waals surface area contributed by atoms with Gasteiger partial charge in [0.15, 0.2) is 0 Å². The van der Waals surface area contributed by atoms with Crippen LogP contribution in [0, 0.1) is 0 Å². The topological polar surface area (TPSA) is 148 Å². The van der Waals surface area contributed by atoms with Crippen LogP contribution in [0.1, 0.15) is 104 Å². The standard InChI is InChI=1S/C29H26F6N2O3.C28H24F6N2O3/c1-40-26(38)15-17-36-27(39)22-6-3-19(4-7-22)2-5-20(14-16-28(30,31)32)23-10-13-25(37-18-23)21-8-11-24(12-9-21)29(33,34)35;29-27(30,31)15-13-19(4-1-18-2-5-21(6-3-18)26(39)35-16-14-25(37)38)22-9-12-24(36-17-22)20-7-10-23(11-8-20)28(32,33)34/h2-13,18,20H,14-17H2,1H3,(H,36,39);1-12,17,19H,13-16H2,(H,35,39)(H,37,38). The van der Waals surface area contributed by atoms with E-state index >= 15 is 0 Å². The molecule has 0 saturated carbocycles. The average molecular weight is 1120 g/mol. The monoisotopic (exact) mass is 1110 g/mol. The number of carbonyl (C=O) groups is 4. The summed E-state index contributed by atoms with van der Waals surface area (Å²) in [6.45, 7) is 0.0855. The van der Waals surface area contributed by atoms with Crippen LogP contribution in [0.3, 0.4) is 0 Å². The molecule has 3 N–H and O–H groups in total. The maximum Gasteiger partial charge on any atom is 0.416 e. The molecule has 0 aliphatic carbocycles. The Hall–Kier alpha value is -8.30. The second-order valence-electron chi connectivity index (χ2n) is 17.6.